The van der Waals surface area contributed by atoms with Crippen molar-refractivity contribution in [1.82, 2.24) is 14.6 Å². The van der Waals surface area contributed by atoms with E-state index in [-0.39, 0.29) is 0 Å². The molecule has 2 aromatic heterocycles. The third-order valence-corrected chi connectivity index (χ3v) is 3.02. The summed E-state index contributed by atoms with van der Waals surface area (Å²) < 4.78 is 2.04. The summed E-state index contributed by atoms with van der Waals surface area (Å²) in [6.45, 7) is 4.14. The van der Waals surface area contributed by atoms with Crippen molar-refractivity contribution in [3.63, 3.8) is 0 Å². The van der Waals surface area contributed by atoms with Gasteiger partial charge in [-0.25, -0.2) is 0 Å². The molecule has 0 radical (unpaired) electrons. The Hall–Kier alpha value is -2.16. The van der Waals surface area contributed by atoms with Crippen LogP contribution in [0.2, 0.25) is 0 Å². The molecule has 0 bridgehead atoms. The Balaban J connectivity index is 2.33. The second kappa shape index (κ2) is 3.70. The standard InChI is InChI=1S/C14H13N3/c1-10-6-3-4-8-12(10)14-16-15-13-11(2)7-5-9-17(13)14/h3-9H,1-2H3. The molecule has 0 atom stereocenters. The largest absolute Gasteiger partial charge is 0.282 e. The van der Waals surface area contributed by atoms with Crippen molar-refractivity contribution in [2.75, 3.05) is 0 Å². The van der Waals surface area contributed by atoms with Gasteiger partial charge in [0.05, 0.1) is 0 Å². The van der Waals surface area contributed by atoms with E-state index in [1.54, 1.807) is 0 Å². The van der Waals surface area contributed by atoms with E-state index in [0.29, 0.717) is 0 Å². The Morgan fingerprint density at radius 2 is 1.65 bits per heavy atom. The first-order chi connectivity index (χ1) is 8.27. The summed E-state index contributed by atoms with van der Waals surface area (Å²) in [7, 11) is 0. The maximum Gasteiger partial charge on any atom is 0.168 e. The molecule has 1 aromatic carbocycles. The van der Waals surface area contributed by atoms with E-state index in [0.717, 1.165) is 22.6 Å². The summed E-state index contributed by atoms with van der Waals surface area (Å²) in [4.78, 5) is 0. The van der Waals surface area contributed by atoms with Crippen molar-refractivity contribution in [3.8, 4) is 11.4 Å². The molecule has 17 heavy (non-hydrogen) atoms. The smallest absolute Gasteiger partial charge is 0.168 e. The molecule has 0 aliphatic carbocycles. The number of hydrogen-bond acceptors (Lipinski definition) is 2. The summed E-state index contributed by atoms with van der Waals surface area (Å²) in [5, 5.41) is 8.55. The molecule has 84 valence electrons. The average Bonchev–Trinajstić information content (AvgIpc) is 2.75. The van der Waals surface area contributed by atoms with Gasteiger partial charge < -0.3 is 0 Å². The van der Waals surface area contributed by atoms with Crippen LogP contribution in [-0.2, 0) is 0 Å². The van der Waals surface area contributed by atoms with Crippen molar-refractivity contribution < 1.29 is 0 Å². The predicted molar refractivity (Wildman–Crippen MR) is 67.9 cm³/mol. The minimum Gasteiger partial charge on any atom is -0.282 e. The van der Waals surface area contributed by atoms with Crippen LogP contribution < -0.4 is 0 Å². The maximum atomic E-state index is 4.30. The lowest BCUT2D eigenvalue weighted by Crippen LogP contribution is -1.92. The predicted octanol–water partition coefficient (Wildman–Crippen LogP) is 3.01. The average molecular weight is 223 g/mol. The second-order valence-electron chi connectivity index (χ2n) is 4.22. The van der Waals surface area contributed by atoms with Crippen LogP contribution in [-0.4, -0.2) is 14.6 Å². The third kappa shape index (κ3) is 1.51. The lowest BCUT2D eigenvalue weighted by molar-refractivity contribution is 1.11. The number of rotatable bonds is 1. The SMILES string of the molecule is Cc1ccccc1-c1nnc2c(C)cccn12. The minimum atomic E-state index is 0.904. The van der Waals surface area contributed by atoms with Gasteiger partial charge in [0.15, 0.2) is 11.5 Å². The summed E-state index contributed by atoms with van der Waals surface area (Å²) in [5.74, 6) is 0.904. The van der Waals surface area contributed by atoms with Gasteiger partial charge in [-0.1, -0.05) is 30.3 Å². The summed E-state index contributed by atoms with van der Waals surface area (Å²) >= 11 is 0. The molecule has 3 rings (SSSR count). The van der Waals surface area contributed by atoms with E-state index < -0.39 is 0 Å². The number of nitrogens with zero attached hydrogens (tertiary/aromatic N) is 3. The monoisotopic (exact) mass is 223 g/mol. The molecule has 0 aliphatic rings. The van der Waals surface area contributed by atoms with Gasteiger partial charge in [0.1, 0.15) is 0 Å². The van der Waals surface area contributed by atoms with E-state index >= 15 is 0 Å². The molecule has 0 amide bonds. The zero-order chi connectivity index (χ0) is 11.8. The van der Waals surface area contributed by atoms with Crippen molar-refractivity contribution in [1.29, 1.82) is 0 Å². The molecule has 0 spiro atoms. The Bertz CT molecular complexity index is 683. The Morgan fingerprint density at radius 3 is 2.47 bits per heavy atom. The highest BCUT2D eigenvalue weighted by molar-refractivity contribution is 5.64. The maximum absolute atomic E-state index is 4.30. The fourth-order valence-corrected chi connectivity index (χ4v) is 2.06. The number of aromatic nitrogens is 3. The highest BCUT2D eigenvalue weighted by atomic mass is 15.2. The van der Waals surface area contributed by atoms with Crippen LogP contribution in [0.5, 0.6) is 0 Å². The second-order valence-corrected chi connectivity index (χ2v) is 4.22. The fraction of sp³-hybridized carbons (Fsp3) is 0.143. The molecule has 0 aliphatic heterocycles. The van der Waals surface area contributed by atoms with Gasteiger partial charge in [0.2, 0.25) is 0 Å². The van der Waals surface area contributed by atoms with Gasteiger partial charge in [-0.3, -0.25) is 4.40 Å². The normalized spacial score (nSPS) is 10.9. The molecule has 0 fully saturated rings. The summed E-state index contributed by atoms with van der Waals surface area (Å²) in [6, 6.07) is 12.3. The zero-order valence-corrected chi connectivity index (χ0v) is 9.88. The number of aryl methyl sites for hydroxylation is 2. The van der Waals surface area contributed by atoms with Crippen LogP contribution in [0, 0.1) is 13.8 Å². The number of hydrogen-bond donors (Lipinski definition) is 0. The fourth-order valence-electron chi connectivity index (χ4n) is 2.06. The topological polar surface area (TPSA) is 30.2 Å². The number of pyridine rings is 1. The van der Waals surface area contributed by atoms with Gasteiger partial charge in [-0.2, -0.15) is 0 Å². The van der Waals surface area contributed by atoms with Crippen molar-refractivity contribution in [2.45, 2.75) is 13.8 Å². The Labute approximate surface area is 99.7 Å². The first kappa shape index (κ1) is 10.0. The van der Waals surface area contributed by atoms with E-state index in [2.05, 4.69) is 29.3 Å². The molecular formula is C14H13N3. The molecule has 3 heteroatoms. The Kier molecular flexibility index (Phi) is 2.18. The van der Waals surface area contributed by atoms with Crippen LogP contribution in [0.1, 0.15) is 11.1 Å². The quantitative estimate of drug-likeness (QED) is 0.634. The lowest BCUT2D eigenvalue weighted by Gasteiger charge is -2.03. The van der Waals surface area contributed by atoms with Gasteiger partial charge in [-0.05, 0) is 31.0 Å². The van der Waals surface area contributed by atoms with E-state index in [1.165, 1.54) is 5.56 Å². The van der Waals surface area contributed by atoms with Gasteiger partial charge >= 0.3 is 0 Å². The molecule has 0 saturated heterocycles. The van der Waals surface area contributed by atoms with E-state index in [4.69, 9.17) is 0 Å². The van der Waals surface area contributed by atoms with Crippen LogP contribution >= 0.6 is 0 Å². The molecule has 0 unspecified atom stereocenters. The molecule has 2 heterocycles. The van der Waals surface area contributed by atoms with Crippen LogP contribution in [0.25, 0.3) is 17.0 Å². The van der Waals surface area contributed by atoms with Crippen molar-refractivity contribution >= 4 is 5.65 Å². The molecule has 0 saturated carbocycles. The molecule has 3 nitrogen and oxygen atoms in total. The molecular weight excluding hydrogens is 210 g/mol. The minimum absolute atomic E-state index is 0.904. The number of benzene rings is 1. The van der Waals surface area contributed by atoms with Crippen molar-refractivity contribution in [2.24, 2.45) is 0 Å². The Morgan fingerprint density at radius 1 is 0.882 bits per heavy atom. The van der Waals surface area contributed by atoms with Crippen molar-refractivity contribution in [3.05, 3.63) is 53.7 Å². The molecule has 3 aromatic rings. The highest BCUT2D eigenvalue weighted by Crippen LogP contribution is 2.22. The third-order valence-electron chi connectivity index (χ3n) is 3.02. The zero-order valence-electron chi connectivity index (χ0n) is 9.88. The first-order valence-corrected chi connectivity index (χ1v) is 5.64. The lowest BCUT2D eigenvalue weighted by atomic mass is 10.1. The van der Waals surface area contributed by atoms with Crippen LogP contribution in [0.3, 0.4) is 0 Å². The van der Waals surface area contributed by atoms with Gasteiger partial charge in [0.25, 0.3) is 0 Å². The number of fused-ring (bicyclic) bond motifs is 1. The van der Waals surface area contributed by atoms with Gasteiger partial charge in [-0.15, -0.1) is 10.2 Å². The van der Waals surface area contributed by atoms with Crippen LogP contribution in [0.15, 0.2) is 42.6 Å². The van der Waals surface area contributed by atoms with Gasteiger partial charge in [0, 0.05) is 11.8 Å². The molecule has 0 N–H and O–H groups in total. The summed E-state index contributed by atoms with van der Waals surface area (Å²) in [5.41, 5.74) is 4.40. The summed E-state index contributed by atoms with van der Waals surface area (Å²) in [6.07, 6.45) is 2.00. The van der Waals surface area contributed by atoms with E-state index in [9.17, 15) is 0 Å². The highest BCUT2D eigenvalue weighted by Gasteiger charge is 2.10. The van der Waals surface area contributed by atoms with Crippen LogP contribution in [0.4, 0.5) is 0 Å². The first-order valence-electron chi connectivity index (χ1n) is 5.64. The van der Waals surface area contributed by atoms with E-state index in [1.807, 2.05) is 41.8 Å².